The Morgan fingerprint density at radius 3 is 2.75 bits per heavy atom. The molecule has 6 heteroatoms. The van der Waals surface area contributed by atoms with Gasteiger partial charge in [0.15, 0.2) is 0 Å². The molecule has 20 heavy (non-hydrogen) atoms. The summed E-state index contributed by atoms with van der Waals surface area (Å²) >= 11 is 1.48. The van der Waals surface area contributed by atoms with Gasteiger partial charge in [-0.25, -0.2) is 4.98 Å². The van der Waals surface area contributed by atoms with E-state index in [2.05, 4.69) is 20.2 Å². The molecule has 0 radical (unpaired) electrons. The number of hydrogen-bond donors (Lipinski definition) is 2. The van der Waals surface area contributed by atoms with E-state index in [4.69, 9.17) is 0 Å². The third kappa shape index (κ3) is 2.13. The Kier molecular flexibility index (Phi) is 3.33. The lowest BCUT2D eigenvalue weighted by Gasteiger charge is -2.25. The minimum atomic E-state index is -1.03. The monoisotopic (exact) mass is 286 g/mol. The van der Waals surface area contributed by atoms with Gasteiger partial charge in [-0.3, -0.25) is 10.1 Å². The van der Waals surface area contributed by atoms with Crippen LogP contribution in [0.1, 0.15) is 23.8 Å². The van der Waals surface area contributed by atoms with Gasteiger partial charge in [0.05, 0.1) is 11.1 Å². The van der Waals surface area contributed by atoms with Crippen LogP contribution in [0, 0.1) is 0 Å². The fourth-order valence-corrected chi connectivity index (χ4v) is 3.19. The summed E-state index contributed by atoms with van der Waals surface area (Å²) in [6.45, 7) is 1.96. The number of aliphatic hydroxyl groups is 1. The van der Waals surface area contributed by atoms with Gasteiger partial charge >= 0.3 is 0 Å². The first-order valence-electron chi connectivity index (χ1n) is 6.32. The molecule has 5 nitrogen and oxygen atoms in total. The van der Waals surface area contributed by atoms with Crippen molar-refractivity contribution >= 4 is 11.3 Å². The van der Waals surface area contributed by atoms with Crippen LogP contribution in [0.4, 0.5) is 0 Å². The molecule has 0 spiro atoms. The Labute approximate surface area is 120 Å². The van der Waals surface area contributed by atoms with Crippen LogP contribution in [0.2, 0.25) is 0 Å². The van der Waals surface area contributed by atoms with Gasteiger partial charge in [0, 0.05) is 30.4 Å². The number of thiazole rings is 1. The van der Waals surface area contributed by atoms with Crippen LogP contribution in [0.5, 0.6) is 0 Å². The largest absolute Gasteiger partial charge is 0.379 e. The molecular formula is C14H14N4OS. The average Bonchev–Trinajstić information content (AvgIpc) is 3.18. The molecule has 0 saturated heterocycles. The standard InChI is InChI=1S/C14H14N4OS/c1-2-14(19,11-3-5-15-6-4-11)12-9-16-13(20-12)10-7-17-18-8-10/h3-9,19H,2H2,1H3,(H,17,18)/t14-/m1/s1. The molecule has 0 aromatic carbocycles. The molecule has 0 aliphatic carbocycles. The van der Waals surface area contributed by atoms with E-state index in [-0.39, 0.29) is 0 Å². The first-order valence-corrected chi connectivity index (χ1v) is 7.14. The molecule has 102 valence electrons. The second-order valence-electron chi connectivity index (χ2n) is 4.47. The van der Waals surface area contributed by atoms with Crippen molar-refractivity contribution in [3.8, 4) is 10.6 Å². The molecule has 3 rings (SSSR count). The van der Waals surface area contributed by atoms with Crippen molar-refractivity contribution in [2.75, 3.05) is 0 Å². The van der Waals surface area contributed by atoms with Crippen molar-refractivity contribution in [2.45, 2.75) is 18.9 Å². The minimum Gasteiger partial charge on any atom is -0.379 e. The van der Waals surface area contributed by atoms with Crippen molar-refractivity contribution in [1.82, 2.24) is 20.2 Å². The maximum absolute atomic E-state index is 11.0. The third-order valence-corrected chi connectivity index (χ3v) is 4.53. The van der Waals surface area contributed by atoms with E-state index in [1.165, 1.54) is 11.3 Å². The van der Waals surface area contributed by atoms with Gasteiger partial charge in [-0.15, -0.1) is 11.3 Å². The van der Waals surface area contributed by atoms with Gasteiger partial charge in [-0.1, -0.05) is 6.92 Å². The molecule has 0 aliphatic rings. The van der Waals surface area contributed by atoms with Crippen LogP contribution in [0.25, 0.3) is 10.6 Å². The van der Waals surface area contributed by atoms with Crippen LogP contribution >= 0.6 is 11.3 Å². The molecular weight excluding hydrogens is 272 g/mol. The molecule has 3 aromatic heterocycles. The van der Waals surface area contributed by atoms with Crippen LogP contribution in [-0.4, -0.2) is 25.3 Å². The second kappa shape index (κ2) is 5.15. The maximum Gasteiger partial charge on any atom is 0.126 e. The van der Waals surface area contributed by atoms with E-state index in [1.54, 1.807) is 31.0 Å². The Hall–Kier alpha value is -2.05. The van der Waals surface area contributed by atoms with E-state index in [0.29, 0.717) is 6.42 Å². The number of pyridine rings is 1. The predicted molar refractivity (Wildman–Crippen MR) is 77.2 cm³/mol. The molecule has 1 atom stereocenters. The summed E-state index contributed by atoms with van der Waals surface area (Å²) in [6, 6.07) is 3.67. The third-order valence-electron chi connectivity index (χ3n) is 3.33. The number of H-pyrrole nitrogens is 1. The molecule has 2 N–H and O–H groups in total. The van der Waals surface area contributed by atoms with Gasteiger partial charge in [0.25, 0.3) is 0 Å². The minimum absolute atomic E-state index is 0.573. The number of nitrogens with zero attached hydrogens (tertiary/aromatic N) is 3. The van der Waals surface area contributed by atoms with Crippen molar-refractivity contribution in [1.29, 1.82) is 0 Å². The normalized spacial score (nSPS) is 14.1. The zero-order chi connectivity index (χ0) is 14.0. The molecule has 0 saturated carbocycles. The Morgan fingerprint density at radius 2 is 2.10 bits per heavy atom. The van der Waals surface area contributed by atoms with Gasteiger partial charge < -0.3 is 5.11 Å². The summed E-state index contributed by atoms with van der Waals surface area (Å²) < 4.78 is 0. The summed E-state index contributed by atoms with van der Waals surface area (Å²) in [7, 11) is 0. The zero-order valence-corrected chi connectivity index (χ0v) is 11.8. The quantitative estimate of drug-likeness (QED) is 0.773. The predicted octanol–water partition coefficient (Wildman–Crippen LogP) is 2.57. The van der Waals surface area contributed by atoms with Gasteiger partial charge in [0.1, 0.15) is 10.6 Å². The number of aromatic nitrogens is 4. The lowest BCUT2D eigenvalue weighted by atomic mass is 9.91. The summed E-state index contributed by atoms with van der Waals surface area (Å²) in [5, 5.41) is 18.5. The topological polar surface area (TPSA) is 74.7 Å². The number of rotatable bonds is 4. The smallest absolute Gasteiger partial charge is 0.126 e. The number of aromatic amines is 1. The maximum atomic E-state index is 11.0. The fourth-order valence-electron chi connectivity index (χ4n) is 2.11. The highest BCUT2D eigenvalue weighted by atomic mass is 32.1. The van der Waals surface area contributed by atoms with E-state index in [9.17, 15) is 5.11 Å². The van der Waals surface area contributed by atoms with Crippen molar-refractivity contribution in [3.05, 3.63) is 53.6 Å². The molecule has 0 bridgehead atoms. The van der Waals surface area contributed by atoms with Crippen molar-refractivity contribution in [2.24, 2.45) is 0 Å². The lowest BCUT2D eigenvalue weighted by molar-refractivity contribution is 0.0801. The molecule has 0 aliphatic heterocycles. The Morgan fingerprint density at radius 1 is 1.30 bits per heavy atom. The first kappa shape index (κ1) is 13.0. The number of nitrogens with one attached hydrogen (secondary N) is 1. The summed E-state index contributed by atoms with van der Waals surface area (Å²) in [5.41, 5.74) is 0.731. The lowest BCUT2D eigenvalue weighted by Crippen LogP contribution is -2.24. The van der Waals surface area contributed by atoms with E-state index >= 15 is 0 Å². The highest BCUT2D eigenvalue weighted by molar-refractivity contribution is 7.15. The average molecular weight is 286 g/mol. The molecule has 0 unspecified atom stereocenters. The Bertz CT molecular complexity index is 680. The molecule has 0 amide bonds. The number of hydrogen-bond acceptors (Lipinski definition) is 5. The van der Waals surface area contributed by atoms with E-state index in [0.717, 1.165) is 21.0 Å². The first-order chi connectivity index (χ1) is 9.74. The summed E-state index contributed by atoms with van der Waals surface area (Å²) in [6.07, 6.45) is 9.20. The van der Waals surface area contributed by atoms with Crippen LogP contribution in [-0.2, 0) is 5.60 Å². The zero-order valence-electron chi connectivity index (χ0n) is 10.9. The SMILES string of the molecule is CC[C@@](O)(c1ccncc1)c1cnc(-c2cn[nH]c2)s1. The highest BCUT2D eigenvalue weighted by Gasteiger charge is 2.32. The van der Waals surface area contributed by atoms with Crippen molar-refractivity contribution < 1.29 is 5.11 Å². The molecule has 3 heterocycles. The van der Waals surface area contributed by atoms with Crippen molar-refractivity contribution in [3.63, 3.8) is 0 Å². The fraction of sp³-hybridized carbons (Fsp3) is 0.214. The molecule has 3 aromatic rings. The van der Waals surface area contributed by atoms with Crippen LogP contribution in [0.15, 0.2) is 43.1 Å². The van der Waals surface area contributed by atoms with Gasteiger partial charge in [0.2, 0.25) is 0 Å². The van der Waals surface area contributed by atoms with E-state index in [1.807, 2.05) is 19.1 Å². The van der Waals surface area contributed by atoms with Gasteiger partial charge in [-0.2, -0.15) is 5.10 Å². The Balaban J connectivity index is 2.02. The summed E-state index contributed by atoms with van der Waals surface area (Å²) in [4.78, 5) is 9.20. The van der Waals surface area contributed by atoms with Gasteiger partial charge in [-0.05, 0) is 24.1 Å². The van der Waals surface area contributed by atoms with E-state index < -0.39 is 5.60 Å². The summed E-state index contributed by atoms with van der Waals surface area (Å²) in [5.74, 6) is 0. The second-order valence-corrected chi connectivity index (χ2v) is 5.50. The van der Waals surface area contributed by atoms with Crippen LogP contribution in [0.3, 0.4) is 0 Å². The molecule has 0 fully saturated rings. The highest BCUT2D eigenvalue weighted by Crippen LogP contribution is 2.38. The van der Waals surface area contributed by atoms with Crippen LogP contribution < -0.4 is 0 Å².